The smallest absolute Gasteiger partial charge is 0.241 e. The van der Waals surface area contributed by atoms with Crippen LogP contribution in [0.5, 0.6) is 0 Å². The lowest BCUT2D eigenvalue weighted by Gasteiger charge is -2.50. The van der Waals surface area contributed by atoms with Crippen LogP contribution < -0.4 is 0 Å². The normalized spacial score (nSPS) is 37.4. The van der Waals surface area contributed by atoms with Crippen molar-refractivity contribution in [3.63, 3.8) is 0 Å². The van der Waals surface area contributed by atoms with Gasteiger partial charge in [-0.1, -0.05) is 32.4 Å². The highest BCUT2D eigenvalue weighted by Gasteiger charge is 2.49. The highest BCUT2D eigenvalue weighted by atomic mass is 28.4. The van der Waals surface area contributed by atoms with Crippen molar-refractivity contribution >= 4 is 17.4 Å². The summed E-state index contributed by atoms with van der Waals surface area (Å²) in [6.45, 7) is 16.3. The molecule has 0 saturated heterocycles. The first kappa shape index (κ1) is 21.9. The molecule has 0 N–H and O–H groups in total. The summed E-state index contributed by atoms with van der Waals surface area (Å²) in [5.74, 6) is 5.59. The molecule has 0 aromatic carbocycles. The molecule has 0 aliphatic heterocycles. The molecule has 4 rings (SSSR count). The van der Waals surface area contributed by atoms with Gasteiger partial charge in [0.15, 0.2) is 0 Å². The van der Waals surface area contributed by atoms with Crippen molar-refractivity contribution in [3.05, 3.63) is 23.5 Å². The van der Waals surface area contributed by atoms with Gasteiger partial charge in [-0.25, -0.2) is 0 Å². The Kier molecular flexibility index (Phi) is 6.02. The van der Waals surface area contributed by atoms with Crippen LogP contribution in [0.15, 0.2) is 23.5 Å². The standard InChI is InChI=1S/C25H43O2Si2/c1-25(2,3)28(4)26-18-9-11-19-17(16-18)8-10-21-20(19)12-13-23-22(21)14-15-24(23)27-29(5,6)7/h8,15,18-23H,9-14,16H2,1-7H3. The van der Waals surface area contributed by atoms with Crippen molar-refractivity contribution in [2.75, 3.05) is 0 Å². The SMILES string of the molecule is C[Si](OC1CCC2C(=CCC3C2CCC2C(O[Si](C)(C)C)=CCC23)C1)C(C)(C)C. The van der Waals surface area contributed by atoms with Gasteiger partial charge in [-0.05, 0) is 106 Å². The third kappa shape index (κ3) is 4.64. The number of hydrogen-bond donors (Lipinski definition) is 0. The monoisotopic (exact) mass is 431 g/mol. The first-order valence-electron chi connectivity index (χ1n) is 12.1. The lowest BCUT2D eigenvalue weighted by Crippen LogP contribution is -2.43. The summed E-state index contributed by atoms with van der Waals surface area (Å²) in [6, 6.07) is 0. The number of hydrogen-bond acceptors (Lipinski definition) is 2. The van der Waals surface area contributed by atoms with Crippen molar-refractivity contribution in [1.29, 1.82) is 0 Å². The maximum absolute atomic E-state index is 6.61. The molecule has 2 fully saturated rings. The Labute approximate surface area is 182 Å². The van der Waals surface area contributed by atoms with Crippen LogP contribution in [0.2, 0.25) is 31.2 Å². The van der Waals surface area contributed by atoms with E-state index >= 15 is 0 Å². The summed E-state index contributed by atoms with van der Waals surface area (Å²) in [5, 5.41) is 0.330. The van der Waals surface area contributed by atoms with E-state index in [4.69, 9.17) is 8.85 Å². The van der Waals surface area contributed by atoms with Gasteiger partial charge in [0.25, 0.3) is 0 Å². The first-order chi connectivity index (χ1) is 13.5. The van der Waals surface area contributed by atoms with Gasteiger partial charge in [0.05, 0.1) is 5.76 Å². The third-order valence-corrected chi connectivity index (χ3v) is 11.8. The number of rotatable bonds is 4. The summed E-state index contributed by atoms with van der Waals surface area (Å²) < 4.78 is 13.1. The Morgan fingerprint density at radius 3 is 2.28 bits per heavy atom. The maximum Gasteiger partial charge on any atom is 0.241 e. The molecule has 0 aromatic rings. The molecular formula is C25H43O2Si2. The van der Waals surface area contributed by atoms with Gasteiger partial charge >= 0.3 is 0 Å². The Morgan fingerprint density at radius 2 is 1.59 bits per heavy atom. The minimum Gasteiger partial charge on any atom is -0.547 e. The highest BCUT2D eigenvalue weighted by molar-refractivity contribution is 6.70. The van der Waals surface area contributed by atoms with Crippen LogP contribution in [-0.4, -0.2) is 23.5 Å². The van der Waals surface area contributed by atoms with E-state index in [2.05, 4.69) is 59.1 Å². The quantitative estimate of drug-likeness (QED) is 0.343. The second-order valence-electron chi connectivity index (χ2n) is 12.2. The van der Waals surface area contributed by atoms with E-state index in [-0.39, 0.29) is 0 Å². The van der Waals surface area contributed by atoms with Crippen LogP contribution in [0, 0.1) is 29.6 Å². The molecule has 0 bridgehead atoms. The molecule has 2 nitrogen and oxygen atoms in total. The van der Waals surface area contributed by atoms with Gasteiger partial charge in [0, 0.05) is 12.0 Å². The van der Waals surface area contributed by atoms with Crippen LogP contribution in [0.1, 0.15) is 65.7 Å². The van der Waals surface area contributed by atoms with E-state index in [1.165, 1.54) is 50.7 Å². The topological polar surface area (TPSA) is 18.5 Å². The van der Waals surface area contributed by atoms with Gasteiger partial charge in [0.1, 0.15) is 0 Å². The molecule has 0 spiro atoms. The Bertz CT molecular complexity index is 669. The molecule has 0 amide bonds. The minimum absolute atomic E-state index is 0.330. The zero-order valence-corrected chi connectivity index (χ0v) is 21.9. The minimum atomic E-state index is -1.50. The fourth-order valence-electron chi connectivity index (χ4n) is 6.44. The fourth-order valence-corrected chi connectivity index (χ4v) is 8.43. The first-order valence-corrected chi connectivity index (χ1v) is 17.4. The summed E-state index contributed by atoms with van der Waals surface area (Å²) >= 11 is 0. The molecule has 6 atom stereocenters. The Balaban J connectivity index is 1.41. The lowest BCUT2D eigenvalue weighted by molar-refractivity contribution is 0.0438. The lowest BCUT2D eigenvalue weighted by atomic mass is 9.56. The van der Waals surface area contributed by atoms with E-state index < -0.39 is 17.4 Å². The van der Waals surface area contributed by atoms with Crippen molar-refractivity contribution < 1.29 is 8.85 Å². The van der Waals surface area contributed by atoms with Crippen molar-refractivity contribution in [1.82, 2.24) is 0 Å². The zero-order chi connectivity index (χ0) is 21.0. The number of fused-ring (bicyclic) bond motifs is 5. The zero-order valence-electron chi connectivity index (χ0n) is 19.9. The largest absolute Gasteiger partial charge is 0.547 e. The molecule has 4 aliphatic rings. The van der Waals surface area contributed by atoms with E-state index in [0.29, 0.717) is 11.1 Å². The molecule has 4 heteroatoms. The summed E-state index contributed by atoms with van der Waals surface area (Å²) in [7, 11) is -2.24. The second-order valence-corrected chi connectivity index (χ2v) is 19.5. The molecule has 0 heterocycles. The third-order valence-electron chi connectivity index (χ3n) is 8.12. The molecule has 29 heavy (non-hydrogen) atoms. The predicted molar refractivity (Wildman–Crippen MR) is 127 cm³/mol. The van der Waals surface area contributed by atoms with Crippen LogP contribution >= 0.6 is 0 Å². The van der Waals surface area contributed by atoms with Crippen LogP contribution in [0.4, 0.5) is 0 Å². The van der Waals surface area contributed by atoms with Crippen molar-refractivity contribution in [3.8, 4) is 0 Å². The van der Waals surface area contributed by atoms with Gasteiger partial charge in [-0.3, -0.25) is 0 Å². The summed E-state index contributed by atoms with van der Waals surface area (Å²) in [5.41, 5.74) is 1.76. The van der Waals surface area contributed by atoms with E-state index in [0.717, 1.165) is 29.6 Å². The van der Waals surface area contributed by atoms with Crippen molar-refractivity contribution in [2.24, 2.45) is 29.6 Å². The van der Waals surface area contributed by atoms with Gasteiger partial charge in [-0.15, -0.1) is 0 Å². The number of allylic oxidation sites excluding steroid dienone is 3. The van der Waals surface area contributed by atoms with Crippen LogP contribution in [0.25, 0.3) is 0 Å². The fraction of sp³-hybridized carbons (Fsp3) is 0.840. The average molecular weight is 432 g/mol. The van der Waals surface area contributed by atoms with Gasteiger partial charge < -0.3 is 8.85 Å². The molecule has 2 saturated carbocycles. The van der Waals surface area contributed by atoms with E-state index in [1.807, 2.05) is 0 Å². The van der Waals surface area contributed by atoms with Crippen LogP contribution in [-0.2, 0) is 8.85 Å². The van der Waals surface area contributed by atoms with Gasteiger partial charge in [0.2, 0.25) is 17.4 Å². The van der Waals surface area contributed by atoms with Crippen molar-refractivity contribution in [2.45, 2.75) is 103 Å². The molecule has 4 aliphatic carbocycles. The summed E-state index contributed by atoms with van der Waals surface area (Å²) in [4.78, 5) is 0. The average Bonchev–Trinajstić information content (AvgIpc) is 3.01. The molecule has 0 aromatic heterocycles. The maximum atomic E-state index is 6.61. The van der Waals surface area contributed by atoms with Gasteiger partial charge in [-0.2, -0.15) is 0 Å². The molecular weight excluding hydrogens is 388 g/mol. The van der Waals surface area contributed by atoms with E-state index in [9.17, 15) is 0 Å². The highest BCUT2D eigenvalue weighted by Crippen LogP contribution is 2.56. The summed E-state index contributed by atoms with van der Waals surface area (Å²) in [6.07, 6.45) is 14.8. The Hall–Kier alpha value is -0.326. The predicted octanol–water partition coefficient (Wildman–Crippen LogP) is 7.32. The molecule has 163 valence electrons. The molecule has 1 radical (unpaired) electrons. The van der Waals surface area contributed by atoms with E-state index in [1.54, 1.807) is 5.57 Å². The van der Waals surface area contributed by atoms with Crippen LogP contribution in [0.3, 0.4) is 0 Å². The second kappa shape index (κ2) is 7.98. The Morgan fingerprint density at radius 1 is 0.897 bits per heavy atom. The molecule has 6 unspecified atom stereocenters.